The van der Waals surface area contributed by atoms with Crippen molar-refractivity contribution in [2.75, 3.05) is 18.0 Å². The van der Waals surface area contributed by atoms with Gasteiger partial charge < -0.3 is 10.0 Å². The monoisotopic (exact) mass is 691 g/mol. The Morgan fingerprint density at radius 3 is 2.43 bits per heavy atom. The summed E-state index contributed by atoms with van der Waals surface area (Å²) in [6.07, 6.45) is 5.85. The van der Waals surface area contributed by atoms with Crippen LogP contribution in [0.15, 0.2) is 84.1 Å². The molecule has 246 valence electrons. The van der Waals surface area contributed by atoms with Crippen LogP contribution in [-0.4, -0.2) is 62.5 Å². The van der Waals surface area contributed by atoms with Crippen LogP contribution in [0.25, 0.3) is 32.9 Å². The number of phenols is 1. The minimum atomic E-state index is -4.10. The smallest absolute Gasteiger partial charge is 0.270 e. The number of benzene rings is 2. The van der Waals surface area contributed by atoms with Gasteiger partial charge >= 0.3 is 0 Å². The zero-order valence-electron chi connectivity index (χ0n) is 26.6. The summed E-state index contributed by atoms with van der Waals surface area (Å²) in [5.41, 5.74) is 3.57. The molecule has 6 aromatic rings. The van der Waals surface area contributed by atoms with E-state index in [4.69, 9.17) is 4.98 Å². The summed E-state index contributed by atoms with van der Waals surface area (Å²) in [6, 6.07) is 19.0. The SMILES string of the molecule is Cc1ccc(S(=O)(=O)n2c(-c3ncc(C)s3)cc3c(-c4ccc(N5CC6CC(C5)N6Cc5cc(F)ccc5O)nc4)c(C#N)cnc32)cc1. The lowest BCUT2D eigenvalue weighted by molar-refractivity contribution is -0.00921. The van der Waals surface area contributed by atoms with E-state index in [0.717, 1.165) is 35.8 Å². The molecule has 0 aliphatic carbocycles. The maximum Gasteiger partial charge on any atom is 0.270 e. The van der Waals surface area contributed by atoms with Crippen molar-refractivity contribution in [3.05, 3.63) is 107 Å². The van der Waals surface area contributed by atoms with Crippen LogP contribution < -0.4 is 4.90 Å². The number of pyridine rings is 2. The Balaban J connectivity index is 1.15. The van der Waals surface area contributed by atoms with Crippen molar-refractivity contribution in [3.63, 3.8) is 0 Å². The highest BCUT2D eigenvalue weighted by molar-refractivity contribution is 7.90. The molecule has 0 spiro atoms. The third-order valence-electron chi connectivity index (χ3n) is 9.41. The molecule has 2 aromatic carbocycles. The molecular weight excluding hydrogens is 662 g/mol. The van der Waals surface area contributed by atoms with E-state index >= 15 is 0 Å². The maximum absolute atomic E-state index is 14.2. The van der Waals surface area contributed by atoms with Gasteiger partial charge in [-0.2, -0.15) is 5.26 Å². The number of thiazole rings is 1. The molecule has 2 bridgehead atoms. The molecule has 0 radical (unpaired) electrons. The Labute approximate surface area is 286 Å². The number of rotatable bonds is 7. The molecule has 3 aliphatic rings. The summed E-state index contributed by atoms with van der Waals surface area (Å²) in [6.45, 7) is 5.75. The van der Waals surface area contributed by atoms with Gasteiger partial charge in [-0.3, -0.25) is 4.90 Å². The van der Waals surface area contributed by atoms with E-state index in [9.17, 15) is 23.2 Å². The van der Waals surface area contributed by atoms with Gasteiger partial charge in [-0.25, -0.2) is 31.7 Å². The van der Waals surface area contributed by atoms with Crippen LogP contribution in [-0.2, 0) is 16.6 Å². The molecule has 3 fully saturated rings. The fourth-order valence-electron chi connectivity index (χ4n) is 6.93. The van der Waals surface area contributed by atoms with Gasteiger partial charge in [0.25, 0.3) is 10.0 Å². The van der Waals surface area contributed by atoms with Crippen molar-refractivity contribution in [2.24, 2.45) is 0 Å². The van der Waals surface area contributed by atoms with Crippen LogP contribution in [0.1, 0.15) is 28.0 Å². The van der Waals surface area contributed by atoms with Gasteiger partial charge in [-0.1, -0.05) is 17.7 Å². The van der Waals surface area contributed by atoms with Crippen LogP contribution in [0.5, 0.6) is 5.75 Å². The number of anilines is 1. The quantitative estimate of drug-likeness (QED) is 0.207. The normalized spacial score (nSPS) is 17.6. The largest absolute Gasteiger partial charge is 0.508 e. The molecule has 0 saturated carbocycles. The first-order valence-corrected chi connectivity index (χ1v) is 18.0. The Hall–Kier alpha value is -5.16. The molecule has 4 aromatic heterocycles. The first kappa shape index (κ1) is 31.1. The second kappa shape index (κ2) is 11.8. The van der Waals surface area contributed by atoms with Crippen molar-refractivity contribution in [1.82, 2.24) is 23.8 Å². The fraction of sp³-hybridized carbons (Fsp3) is 0.222. The van der Waals surface area contributed by atoms with Gasteiger partial charge in [0, 0.05) is 77.3 Å². The molecule has 10 nitrogen and oxygen atoms in total. The maximum atomic E-state index is 14.2. The van der Waals surface area contributed by atoms with Gasteiger partial charge in [0.15, 0.2) is 5.65 Å². The molecule has 13 heteroatoms. The highest BCUT2D eigenvalue weighted by Crippen LogP contribution is 2.40. The average Bonchev–Trinajstić information content (AvgIpc) is 3.72. The fourth-order valence-corrected chi connectivity index (χ4v) is 9.22. The average molecular weight is 692 g/mol. The van der Waals surface area contributed by atoms with Gasteiger partial charge in [-0.15, -0.1) is 11.3 Å². The van der Waals surface area contributed by atoms with Crippen LogP contribution in [0.3, 0.4) is 0 Å². The van der Waals surface area contributed by atoms with Crippen LogP contribution in [0, 0.1) is 31.0 Å². The van der Waals surface area contributed by atoms with Crippen LogP contribution >= 0.6 is 11.3 Å². The predicted molar refractivity (Wildman–Crippen MR) is 185 cm³/mol. The molecule has 2 atom stereocenters. The number of phenolic OH excluding ortho intramolecular Hbond substituents is 1. The number of aromatic nitrogens is 4. The first-order valence-electron chi connectivity index (χ1n) is 15.7. The molecule has 2 unspecified atom stereocenters. The van der Waals surface area contributed by atoms with Gasteiger partial charge in [0.1, 0.15) is 28.5 Å². The predicted octanol–water partition coefficient (Wildman–Crippen LogP) is 6.26. The van der Waals surface area contributed by atoms with E-state index in [1.54, 1.807) is 42.7 Å². The molecule has 49 heavy (non-hydrogen) atoms. The van der Waals surface area contributed by atoms with E-state index < -0.39 is 10.0 Å². The Morgan fingerprint density at radius 1 is 0.980 bits per heavy atom. The summed E-state index contributed by atoms with van der Waals surface area (Å²) in [5, 5.41) is 21.4. The minimum Gasteiger partial charge on any atom is -0.508 e. The molecule has 1 N–H and O–H groups in total. The van der Waals surface area contributed by atoms with Gasteiger partial charge in [-0.05, 0) is 68.8 Å². The highest BCUT2D eigenvalue weighted by Gasteiger charge is 2.45. The number of fused-ring (bicyclic) bond motifs is 3. The topological polar surface area (TPSA) is 128 Å². The van der Waals surface area contributed by atoms with Crippen molar-refractivity contribution >= 4 is 38.2 Å². The molecule has 0 amide bonds. The number of nitriles is 1. The number of piperidine rings is 1. The van der Waals surface area contributed by atoms with Crippen molar-refractivity contribution in [1.29, 1.82) is 5.26 Å². The van der Waals surface area contributed by atoms with Crippen molar-refractivity contribution in [2.45, 2.75) is 43.8 Å². The van der Waals surface area contributed by atoms with Crippen molar-refractivity contribution < 1.29 is 17.9 Å². The van der Waals surface area contributed by atoms with Crippen LogP contribution in [0.2, 0.25) is 0 Å². The van der Waals surface area contributed by atoms with E-state index in [0.29, 0.717) is 44.9 Å². The first-order chi connectivity index (χ1) is 23.6. The summed E-state index contributed by atoms with van der Waals surface area (Å²) in [7, 11) is -4.10. The second-order valence-electron chi connectivity index (χ2n) is 12.6. The standard InChI is InChI=1S/C36H30FN7O3S2/c1-21-3-7-29(8-4-21)49(46,47)44-31(36-41-15-22(2)48-36)13-30-34(25(14-38)17-40-35(30)44)23-5-10-33(39-16-23)42-19-27-12-28(20-42)43(27)18-24-11-26(37)6-9-32(24)45/h3-11,13,15-17,27-28,45H,12,18-20H2,1-2H3. The Morgan fingerprint density at radius 2 is 1.76 bits per heavy atom. The third-order valence-corrected chi connectivity index (χ3v) is 12.1. The highest BCUT2D eigenvalue weighted by atomic mass is 32.2. The Bertz CT molecular complexity index is 2390. The molecule has 3 aliphatic heterocycles. The lowest BCUT2D eigenvalue weighted by atomic mass is 9.86. The number of hydrogen-bond donors (Lipinski definition) is 1. The lowest BCUT2D eigenvalue weighted by Gasteiger charge is -2.56. The summed E-state index contributed by atoms with van der Waals surface area (Å²) in [5.74, 6) is 0.516. The molecule has 3 saturated heterocycles. The number of piperazine rings is 1. The van der Waals surface area contributed by atoms with Crippen molar-refractivity contribution in [3.8, 4) is 33.6 Å². The lowest BCUT2D eigenvalue weighted by Crippen LogP contribution is -2.68. The van der Waals surface area contributed by atoms with E-state index in [1.165, 1.54) is 39.7 Å². The molecular formula is C36H30FN7O3S2. The zero-order valence-corrected chi connectivity index (χ0v) is 28.2. The van der Waals surface area contributed by atoms with E-state index in [-0.39, 0.29) is 34.2 Å². The minimum absolute atomic E-state index is 0.0967. The number of nitrogens with zero attached hydrogens (tertiary/aromatic N) is 7. The third kappa shape index (κ3) is 5.32. The number of hydrogen-bond acceptors (Lipinski definition) is 10. The number of aryl methyl sites for hydroxylation is 2. The molecule has 7 heterocycles. The summed E-state index contributed by atoms with van der Waals surface area (Å²) < 4.78 is 43.5. The van der Waals surface area contributed by atoms with E-state index in [2.05, 4.69) is 25.8 Å². The van der Waals surface area contributed by atoms with E-state index in [1.807, 2.05) is 26.0 Å². The van der Waals surface area contributed by atoms with Gasteiger partial charge in [0.2, 0.25) is 0 Å². The van der Waals surface area contributed by atoms with Gasteiger partial charge in [0.05, 0.1) is 16.2 Å². The number of halogens is 1. The second-order valence-corrected chi connectivity index (χ2v) is 15.6. The van der Waals surface area contributed by atoms with Crippen LogP contribution in [0.4, 0.5) is 10.2 Å². The Kier molecular flexibility index (Phi) is 7.47. The summed E-state index contributed by atoms with van der Waals surface area (Å²) in [4.78, 5) is 19.4. The zero-order chi connectivity index (χ0) is 34.0. The molecule has 9 rings (SSSR count). The number of aromatic hydroxyl groups is 1. The summed E-state index contributed by atoms with van der Waals surface area (Å²) >= 11 is 1.38.